The van der Waals surface area contributed by atoms with E-state index >= 15 is 0 Å². The Morgan fingerprint density at radius 1 is 1.00 bits per heavy atom. The average molecular weight is 403 g/mol. The minimum Gasteiger partial charge on any atom is -0.331 e. The molecule has 4 rings (SSSR count). The maximum Gasteiger partial charge on any atom is 0.256 e. The van der Waals surface area contributed by atoms with Crippen LogP contribution in [-0.4, -0.2) is 22.8 Å². The molecule has 2 aromatic rings. The molecule has 1 N–H and O–H groups in total. The Kier molecular flexibility index (Phi) is 5.11. The summed E-state index contributed by atoms with van der Waals surface area (Å²) in [6, 6.07) is 10.7. The van der Waals surface area contributed by atoms with E-state index < -0.39 is 0 Å². The molecule has 2 aliphatic rings. The zero-order valence-electron chi connectivity index (χ0n) is 14.8. The standard InChI is InChI=1S/C21H20Cl2N2O2/c22-16-10-5-11-17(23)19(16)24-20(26)15-9-4-6-13-12-25(21(27)18(13)15)14-7-2-1-3-8-14/h4-6,9-11,14H,1-3,7-8,12H2,(H,24,26). The molecule has 1 heterocycles. The molecule has 2 aromatic carbocycles. The molecule has 1 aliphatic heterocycles. The van der Waals surface area contributed by atoms with E-state index in [4.69, 9.17) is 23.2 Å². The fourth-order valence-electron chi connectivity index (χ4n) is 4.06. The van der Waals surface area contributed by atoms with Crippen molar-refractivity contribution >= 4 is 40.7 Å². The minimum atomic E-state index is -0.374. The van der Waals surface area contributed by atoms with Gasteiger partial charge in [-0.2, -0.15) is 0 Å². The Hall–Kier alpha value is -2.04. The van der Waals surface area contributed by atoms with Crippen LogP contribution in [0.4, 0.5) is 5.69 Å². The van der Waals surface area contributed by atoms with Gasteiger partial charge in [0.25, 0.3) is 11.8 Å². The zero-order chi connectivity index (χ0) is 19.0. The van der Waals surface area contributed by atoms with Gasteiger partial charge in [-0.15, -0.1) is 0 Å². The zero-order valence-corrected chi connectivity index (χ0v) is 16.3. The number of amides is 2. The molecule has 140 valence electrons. The fraction of sp³-hybridized carbons (Fsp3) is 0.333. The van der Waals surface area contributed by atoms with Crippen LogP contribution in [0.3, 0.4) is 0 Å². The van der Waals surface area contributed by atoms with Crippen LogP contribution in [-0.2, 0) is 6.54 Å². The SMILES string of the molecule is O=C(Nc1c(Cl)cccc1Cl)c1cccc2c1C(=O)N(C1CCCCC1)C2. The van der Waals surface area contributed by atoms with Crippen molar-refractivity contribution in [2.75, 3.05) is 5.32 Å². The molecule has 0 unspecified atom stereocenters. The van der Waals surface area contributed by atoms with Crippen LogP contribution in [0.1, 0.15) is 58.4 Å². The van der Waals surface area contributed by atoms with Gasteiger partial charge in [0.15, 0.2) is 0 Å². The number of carbonyl (C=O) groups is 2. The number of hydrogen-bond acceptors (Lipinski definition) is 2. The summed E-state index contributed by atoms with van der Waals surface area (Å²) in [6.07, 6.45) is 5.62. The van der Waals surface area contributed by atoms with Crippen LogP contribution in [0, 0.1) is 0 Å². The van der Waals surface area contributed by atoms with Gasteiger partial charge in [0.1, 0.15) is 0 Å². The lowest BCUT2D eigenvalue weighted by Gasteiger charge is -2.30. The van der Waals surface area contributed by atoms with Crippen molar-refractivity contribution in [2.24, 2.45) is 0 Å². The second kappa shape index (κ2) is 7.53. The maximum absolute atomic E-state index is 13.1. The Morgan fingerprint density at radius 2 is 1.67 bits per heavy atom. The Labute approximate surface area is 168 Å². The number of anilines is 1. The summed E-state index contributed by atoms with van der Waals surface area (Å²) < 4.78 is 0. The number of halogens is 2. The van der Waals surface area contributed by atoms with Gasteiger partial charge in [-0.1, -0.05) is 60.7 Å². The monoisotopic (exact) mass is 402 g/mol. The number of nitrogens with one attached hydrogen (secondary N) is 1. The van der Waals surface area contributed by atoms with Crippen molar-refractivity contribution in [3.05, 3.63) is 63.1 Å². The van der Waals surface area contributed by atoms with Crippen LogP contribution in [0.15, 0.2) is 36.4 Å². The van der Waals surface area contributed by atoms with Crippen molar-refractivity contribution in [1.29, 1.82) is 0 Å². The number of carbonyl (C=O) groups excluding carboxylic acids is 2. The predicted octanol–water partition coefficient (Wildman–Crippen LogP) is 5.53. The predicted molar refractivity (Wildman–Crippen MR) is 108 cm³/mol. The van der Waals surface area contributed by atoms with E-state index in [0.29, 0.717) is 33.4 Å². The topological polar surface area (TPSA) is 49.4 Å². The summed E-state index contributed by atoms with van der Waals surface area (Å²) in [7, 11) is 0. The number of nitrogens with zero attached hydrogens (tertiary/aromatic N) is 1. The van der Waals surface area contributed by atoms with Crippen molar-refractivity contribution in [1.82, 2.24) is 4.90 Å². The molecule has 1 saturated carbocycles. The van der Waals surface area contributed by atoms with E-state index in [1.54, 1.807) is 24.3 Å². The van der Waals surface area contributed by atoms with Gasteiger partial charge in [0.2, 0.25) is 0 Å². The summed E-state index contributed by atoms with van der Waals surface area (Å²) >= 11 is 12.3. The van der Waals surface area contributed by atoms with E-state index in [1.165, 1.54) is 6.42 Å². The molecule has 0 bridgehead atoms. The molecule has 0 spiro atoms. The van der Waals surface area contributed by atoms with Gasteiger partial charge in [0, 0.05) is 12.6 Å². The number of para-hydroxylation sites is 1. The highest BCUT2D eigenvalue weighted by Gasteiger charge is 2.36. The molecule has 0 radical (unpaired) electrons. The van der Waals surface area contributed by atoms with Crippen LogP contribution >= 0.6 is 23.2 Å². The van der Waals surface area contributed by atoms with Crippen molar-refractivity contribution in [3.8, 4) is 0 Å². The Bertz CT molecular complexity index is 887. The largest absolute Gasteiger partial charge is 0.331 e. The Morgan fingerprint density at radius 3 is 2.37 bits per heavy atom. The molecule has 0 saturated heterocycles. The van der Waals surface area contributed by atoms with E-state index in [2.05, 4.69) is 5.32 Å². The highest BCUT2D eigenvalue weighted by molar-refractivity contribution is 6.40. The van der Waals surface area contributed by atoms with Gasteiger partial charge in [0.05, 0.1) is 26.9 Å². The van der Waals surface area contributed by atoms with E-state index in [1.807, 2.05) is 17.0 Å². The van der Waals surface area contributed by atoms with Crippen LogP contribution in [0.2, 0.25) is 10.0 Å². The van der Waals surface area contributed by atoms with E-state index in [9.17, 15) is 9.59 Å². The summed E-state index contributed by atoms with van der Waals surface area (Å²) in [5.41, 5.74) is 2.14. The summed E-state index contributed by atoms with van der Waals surface area (Å²) in [5.74, 6) is -0.423. The van der Waals surface area contributed by atoms with Gasteiger partial charge >= 0.3 is 0 Å². The van der Waals surface area contributed by atoms with Crippen molar-refractivity contribution in [2.45, 2.75) is 44.7 Å². The molecular formula is C21H20Cl2N2O2. The van der Waals surface area contributed by atoms with Crippen molar-refractivity contribution in [3.63, 3.8) is 0 Å². The fourth-order valence-corrected chi connectivity index (χ4v) is 4.55. The third-order valence-electron chi connectivity index (χ3n) is 5.43. The van der Waals surface area contributed by atoms with Gasteiger partial charge < -0.3 is 10.2 Å². The number of fused-ring (bicyclic) bond motifs is 1. The first-order valence-electron chi connectivity index (χ1n) is 9.24. The quantitative estimate of drug-likeness (QED) is 0.732. The second-order valence-electron chi connectivity index (χ2n) is 7.12. The van der Waals surface area contributed by atoms with Gasteiger partial charge in [-0.3, -0.25) is 9.59 Å². The lowest BCUT2D eigenvalue weighted by Crippen LogP contribution is -2.37. The van der Waals surface area contributed by atoms with Gasteiger partial charge in [-0.25, -0.2) is 0 Å². The molecule has 2 amide bonds. The summed E-state index contributed by atoms with van der Waals surface area (Å²) in [5, 5.41) is 3.49. The third-order valence-corrected chi connectivity index (χ3v) is 6.06. The van der Waals surface area contributed by atoms with Gasteiger partial charge in [-0.05, 0) is 36.6 Å². The highest BCUT2D eigenvalue weighted by atomic mass is 35.5. The summed E-state index contributed by atoms with van der Waals surface area (Å²) in [4.78, 5) is 27.9. The molecule has 0 atom stereocenters. The normalized spacial score (nSPS) is 17.1. The third kappa shape index (κ3) is 3.44. The molecular weight excluding hydrogens is 383 g/mol. The highest BCUT2D eigenvalue weighted by Crippen LogP contribution is 2.34. The van der Waals surface area contributed by atoms with Crippen LogP contribution in [0.5, 0.6) is 0 Å². The first-order valence-corrected chi connectivity index (χ1v) is 10.00. The second-order valence-corrected chi connectivity index (χ2v) is 7.93. The number of hydrogen-bond donors (Lipinski definition) is 1. The molecule has 1 fully saturated rings. The number of rotatable bonds is 3. The first-order chi connectivity index (χ1) is 13.1. The maximum atomic E-state index is 13.1. The van der Waals surface area contributed by atoms with Crippen LogP contribution in [0.25, 0.3) is 0 Å². The minimum absolute atomic E-state index is 0.0482. The molecule has 6 heteroatoms. The lowest BCUT2D eigenvalue weighted by molar-refractivity contribution is 0.0657. The van der Waals surface area contributed by atoms with Crippen molar-refractivity contribution < 1.29 is 9.59 Å². The average Bonchev–Trinajstić information content (AvgIpc) is 3.02. The lowest BCUT2D eigenvalue weighted by atomic mass is 9.94. The van der Waals surface area contributed by atoms with E-state index in [-0.39, 0.29) is 17.9 Å². The molecule has 0 aromatic heterocycles. The smallest absolute Gasteiger partial charge is 0.256 e. The van der Waals surface area contributed by atoms with E-state index in [0.717, 1.165) is 31.2 Å². The first kappa shape index (κ1) is 18.3. The molecule has 27 heavy (non-hydrogen) atoms. The summed E-state index contributed by atoms with van der Waals surface area (Å²) in [6.45, 7) is 0.576. The Balaban J connectivity index is 1.62. The molecule has 1 aliphatic carbocycles. The molecule has 4 nitrogen and oxygen atoms in total. The number of benzene rings is 2. The van der Waals surface area contributed by atoms with Crippen LogP contribution < -0.4 is 5.32 Å².